The van der Waals surface area contributed by atoms with E-state index in [2.05, 4.69) is 16.4 Å². The number of rotatable bonds is 10. The Morgan fingerprint density at radius 2 is 1.70 bits per heavy atom. The number of nitrogens with one attached hydrogen (secondary N) is 2. The number of nitrogens with zero attached hydrogens (tertiary/aromatic N) is 1. The molecule has 0 saturated carbocycles. The number of carbonyl (C=O) groups is 2. The number of aliphatic hydroxyl groups excluding tert-OH is 2. The molecule has 1 amide bonds. The van der Waals surface area contributed by atoms with Crippen molar-refractivity contribution >= 4 is 22.6 Å². The van der Waals surface area contributed by atoms with Crippen LogP contribution in [0, 0.1) is 5.92 Å². The fraction of sp³-hybridized carbons (Fsp3) is 0.312. The molecule has 2 heterocycles. The minimum Gasteiger partial charge on any atom is -0.396 e. The molecule has 0 spiro atoms. The Hall–Kier alpha value is -3.82. The van der Waals surface area contributed by atoms with Gasteiger partial charge in [-0.2, -0.15) is 5.06 Å². The SMILES string of the molecule is CC(=O)c1ccc(-c2ccc(CN3O[C@H]([C@@H](C)O)[C@H](CO)[C@@H]3C(=O)NCCc3c[nH]c4ccccc34)cc2)cc1. The molecule has 0 radical (unpaired) electrons. The highest BCUT2D eigenvalue weighted by Gasteiger charge is 2.48. The lowest BCUT2D eigenvalue weighted by molar-refractivity contribution is -0.192. The van der Waals surface area contributed by atoms with Crippen molar-refractivity contribution in [1.82, 2.24) is 15.4 Å². The first kappa shape index (κ1) is 27.7. The summed E-state index contributed by atoms with van der Waals surface area (Å²) in [6.45, 7) is 3.60. The van der Waals surface area contributed by atoms with E-state index in [4.69, 9.17) is 4.84 Å². The summed E-state index contributed by atoms with van der Waals surface area (Å²) in [6, 6.07) is 22.7. The number of fused-ring (bicyclic) bond motifs is 1. The zero-order chi connectivity index (χ0) is 28.2. The Kier molecular flexibility index (Phi) is 8.42. The van der Waals surface area contributed by atoms with Gasteiger partial charge in [-0.1, -0.05) is 66.7 Å². The monoisotopic (exact) mass is 541 g/mol. The van der Waals surface area contributed by atoms with Gasteiger partial charge in [-0.3, -0.25) is 14.4 Å². The van der Waals surface area contributed by atoms with E-state index >= 15 is 0 Å². The van der Waals surface area contributed by atoms with Crippen LogP contribution in [0.25, 0.3) is 22.0 Å². The van der Waals surface area contributed by atoms with Crippen molar-refractivity contribution in [2.24, 2.45) is 5.92 Å². The van der Waals surface area contributed by atoms with E-state index in [1.165, 1.54) is 0 Å². The maximum Gasteiger partial charge on any atom is 0.240 e. The highest BCUT2D eigenvalue weighted by Crippen LogP contribution is 2.32. The number of hydrogen-bond acceptors (Lipinski definition) is 6. The number of amides is 1. The summed E-state index contributed by atoms with van der Waals surface area (Å²) in [7, 11) is 0. The molecule has 0 bridgehead atoms. The standard InChI is InChI=1S/C32H35N3O5/c1-20(37)23-11-13-25(14-12-23)24-9-7-22(8-10-24)18-35-30(28(19-36)31(40-35)21(2)38)32(39)33-16-15-26-17-34-29-6-4-3-5-27(26)29/h3-14,17,21,28,30-31,34,36,38H,15-16,18-19H2,1-2H3,(H,33,39)/t21-,28-,30-,31-/m1/s1. The fourth-order valence-electron chi connectivity index (χ4n) is 5.45. The lowest BCUT2D eigenvalue weighted by atomic mass is 9.92. The molecule has 1 fully saturated rings. The van der Waals surface area contributed by atoms with Crippen LogP contribution in [0.1, 0.15) is 35.3 Å². The van der Waals surface area contributed by atoms with Gasteiger partial charge in [0.05, 0.1) is 19.3 Å². The third-order valence-electron chi connectivity index (χ3n) is 7.64. The Morgan fingerprint density at radius 3 is 2.35 bits per heavy atom. The van der Waals surface area contributed by atoms with E-state index in [0.29, 0.717) is 25.1 Å². The van der Waals surface area contributed by atoms with E-state index in [1.54, 1.807) is 18.9 Å². The quantitative estimate of drug-likeness (QED) is 0.227. The van der Waals surface area contributed by atoms with E-state index < -0.39 is 24.2 Å². The molecule has 1 aliphatic heterocycles. The van der Waals surface area contributed by atoms with Crippen LogP contribution in [0.15, 0.2) is 79.0 Å². The number of ketones is 1. The normalized spacial score (nSPS) is 20.1. The summed E-state index contributed by atoms with van der Waals surface area (Å²) >= 11 is 0. The number of H-pyrrole nitrogens is 1. The first-order chi connectivity index (χ1) is 19.4. The number of benzene rings is 3. The molecule has 5 rings (SSSR count). The van der Waals surface area contributed by atoms with E-state index in [9.17, 15) is 19.8 Å². The lowest BCUT2D eigenvalue weighted by Gasteiger charge is -2.24. The first-order valence-electron chi connectivity index (χ1n) is 13.6. The van der Waals surface area contributed by atoms with Crippen LogP contribution in [-0.4, -0.2) is 63.4 Å². The number of hydrogen-bond donors (Lipinski definition) is 4. The summed E-state index contributed by atoms with van der Waals surface area (Å²) < 4.78 is 0. The number of aromatic nitrogens is 1. The van der Waals surface area contributed by atoms with Crippen LogP contribution in [0.2, 0.25) is 0 Å². The molecule has 1 aliphatic rings. The number of aliphatic hydroxyl groups is 2. The molecule has 8 heteroatoms. The van der Waals surface area contributed by atoms with Crippen molar-refractivity contribution in [2.45, 2.75) is 45.1 Å². The summed E-state index contributed by atoms with van der Waals surface area (Å²) in [5, 5.41) is 26.2. The van der Waals surface area contributed by atoms with Gasteiger partial charge in [0.2, 0.25) is 5.91 Å². The average Bonchev–Trinajstić information content (AvgIpc) is 3.55. The predicted molar refractivity (Wildman–Crippen MR) is 153 cm³/mol. The smallest absolute Gasteiger partial charge is 0.240 e. The summed E-state index contributed by atoms with van der Waals surface area (Å²) in [5.41, 5.74) is 5.76. The fourth-order valence-corrected chi connectivity index (χ4v) is 5.45. The third kappa shape index (κ3) is 5.85. The number of carbonyl (C=O) groups excluding carboxylic acids is 2. The largest absolute Gasteiger partial charge is 0.396 e. The molecule has 4 N–H and O–H groups in total. The van der Waals surface area contributed by atoms with Crippen molar-refractivity contribution < 1.29 is 24.6 Å². The molecule has 1 aromatic heterocycles. The molecule has 0 aliphatic carbocycles. The van der Waals surface area contributed by atoms with Crippen LogP contribution in [0.5, 0.6) is 0 Å². The molecule has 4 aromatic rings. The minimum atomic E-state index is -0.857. The summed E-state index contributed by atoms with van der Waals surface area (Å²) in [4.78, 5) is 34.3. The van der Waals surface area contributed by atoms with Crippen molar-refractivity contribution in [3.63, 3.8) is 0 Å². The van der Waals surface area contributed by atoms with Gasteiger partial charge in [-0.15, -0.1) is 0 Å². The van der Waals surface area contributed by atoms with E-state index in [0.717, 1.165) is 33.2 Å². The van der Waals surface area contributed by atoms with Gasteiger partial charge >= 0.3 is 0 Å². The zero-order valence-corrected chi connectivity index (χ0v) is 22.7. The second-order valence-corrected chi connectivity index (χ2v) is 10.4. The van der Waals surface area contributed by atoms with Gasteiger partial charge in [0.25, 0.3) is 0 Å². The van der Waals surface area contributed by atoms with Crippen LogP contribution in [0.4, 0.5) is 0 Å². The molecular weight excluding hydrogens is 506 g/mol. The molecule has 1 saturated heterocycles. The Balaban J connectivity index is 1.28. The van der Waals surface area contributed by atoms with Crippen molar-refractivity contribution in [1.29, 1.82) is 0 Å². The number of hydroxylamine groups is 2. The number of Topliss-reactive ketones (excluding diaryl/α,β-unsaturated/α-hetero) is 1. The van der Waals surface area contributed by atoms with Gasteiger partial charge in [-0.05, 0) is 48.6 Å². The highest BCUT2D eigenvalue weighted by molar-refractivity contribution is 5.94. The van der Waals surface area contributed by atoms with E-state index in [1.807, 2.05) is 72.9 Å². The topological polar surface area (TPSA) is 115 Å². The predicted octanol–water partition coefficient (Wildman–Crippen LogP) is 3.87. The maximum absolute atomic E-state index is 13.4. The van der Waals surface area contributed by atoms with Crippen molar-refractivity contribution in [3.05, 3.63) is 95.7 Å². The Bertz CT molecular complexity index is 1460. The number of aromatic amines is 1. The van der Waals surface area contributed by atoms with Gasteiger partial charge < -0.3 is 20.5 Å². The number of para-hydroxylation sites is 1. The molecule has 8 nitrogen and oxygen atoms in total. The zero-order valence-electron chi connectivity index (χ0n) is 22.7. The second kappa shape index (κ2) is 12.1. The van der Waals surface area contributed by atoms with Gasteiger partial charge in [-0.25, -0.2) is 0 Å². The molecule has 3 aromatic carbocycles. The van der Waals surface area contributed by atoms with Gasteiger partial charge in [0.1, 0.15) is 12.1 Å². The Morgan fingerprint density at radius 1 is 1.02 bits per heavy atom. The lowest BCUT2D eigenvalue weighted by Crippen LogP contribution is -2.48. The van der Waals surface area contributed by atoms with Crippen LogP contribution in [0.3, 0.4) is 0 Å². The van der Waals surface area contributed by atoms with Gasteiger partial charge in [0.15, 0.2) is 5.78 Å². The first-order valence-corrected chi connectivity index (χ1v) is 13.6. The van der Waals surface area contributed by atoms with Crippen molar-refractivity contribution in [2.75, 3.05) is 13.2 Å². The minimum absolute atomic E-state index is 0.0285. The van der Waals surface area contributed by atoms with E-state index in [-0.39, 0.29) is 18.3 Å². The average molecular weight is 542 g/mol. The molecule has 4 atom stereocenters. The molecule has 40 heavy (non-hydrogen) atoms. The third-order valence-corrected chi connectivity index (χ3v) is 7.64. The molecule has 0 unspecified atom stereocenters. The second-order valence-electron chi connectivity index (χ2n) is 10.4. The van der Waals surface area contributed by atoms with Crippen molar-refractivity contribution in [3.8, 4) is 11.1 Å². The van der Waals surface area contributed by atoms with Crippen LogP contribution >= 0.6 is 0 Å². The van der Waals surface area contributed by atoms with Crippen LogP contribution in [-0.2, 0) is 22.6 Å². The highest BCUT2D eigenvalue weighted by atomic mass is 16.7. The summed E-state index contributed by atoms with van der Waals surface area (Å²) in [5.74, 6) is -0.794. The maximum atomic E-state index is 13.4. The van der Waals surface area contributed by atoms with Gasteiger partial charge in [0, 0.05) is 35.1 Å². The molecular formula is C32H35N3O5. The van der Waals surface area contributed by atoms with Crippen LogP contribution < -0.4 is 5.32 Å². The Labute approximate surface area is 233 Å². The molecule has 208 valence electrons. The summed E-state index contributed by atoms with van der Waals surface area (Å²) in [6.07, 6.45) is 1.06.